The molecule has 1 rings (SSSR count). The molecule has 0 spiro atoms. The second-order valence-electron chi connectivity index (χ2n) is 7.06. The van der Waals surface area contributed by atoms with Crippen molar-refractivity contribution in [1.82, 2.24) is 0 Å². The lowest BCUT2D eigenvalue weighted by Crippen LogP contribution is -2.19. The van der Waals surface area contributed by atoms with Crippen molar-refractivity contribution in [2.75, 3.05) is 0 Å². The average molecular weight is 295 g/mol. The average Bonchev–Trinajstić information content (AvgIpc) is 2.37. The molecule has 1 heteroatoms. The molecule has 1 nitrogen and oxygen atoms in total. The fraction of sp³-hybridized carbons (Fsp3) is 0.476. The van der Waals surface area contributed by atoms with E-state index in [0.29, 0.717) is 0 Å². The third-order valence-electron chi connectivity index (χ3n) is 4.26. The van der Waals surface area contributed by atoms with Crippen molar-refractivity contribution in [3.05, 3.63) is 58.2 Å². The largest absolute Gasteiger partial charge is 0.193 e. The van der Waals surface area contributed by atoms with Gasteiger partial charge in [-0.3, -0.25) is 0 Å². The minimum atomic E-state index is 0.288. The Bertz CT molecular complexity index is 598. The van der Waals surface area contributed by atoms with Gasteiger partial charge in [0.15, 0.2) is 0 Å². The Morgan fingerprint density at radius 2 is 1.73 bits per heavy atom. The van der Waals surface area contributed by atoms with Crippen LogP contribution in [0.15, 0.2) is 58.2 Å². The van der Waals surface area contributed by atoms with Crippen LogP contribution < -0.4 is 0 Å². The highest BCUT2D eigenvalue weighted by Gasteiger charge is 2.26. The number of nitrogens with zero attached hydrogens (tertiary/aromatic N) is 1. The lowest BCUT2D eigenvalue weighted by molar-refractivity contribution is 0.377. The molecular weight excluding hydrogens is 266 g/mol. The summed E-state index contributed by atoms with van der Waals surface area (Å²) >= 11 is 0. The van der Waals surface area contributed by atoms with Gasteiger partial charge >= 0.3 is 0 Å². The molecule has 118 valence electrons. The fourth-order valence-corrected chi connectivity index (χ4v) is 3.18. The molecule has 0 radical (unpaired) electrons. The van der Waals surface area contributed by atoms with Gasteiger partial charge in [-0.2, -0.15) is 5.26 Å². The zero-order valence-corrected chi connectivity index (χ0v) is 15.0. The quantitative estimate of drug-likeness (QED) is 0.433. The van der Waals surface area contributed by atoms with Crippen LogP contribution in [-0.2, 0) is 0 Å². The molecule has 0 aliphatic heterocycles. The van der Waals surface area contributed by atoms with E-state index >= 15 is 0 Å². The zero-order valence-electron chi connectivity index (χ0n) is 15.0. The number of allylic oxidation sites excluding steroid dienone is 10. The molecule has 22 heavy (non-hydrogen) atoms. The van der Waals surface area contributed by atoms with Gasteiger partial charge in [0.05, 0.1) is 6.07 Å². The predicted octanol–water partition coefficient (Wildman–Crippen LogP) is 6.43. The van der Waals surface area contributed by atoms with Crippen LogP contribution in [-0.4, -0.2) is 0 Å². The maximum absolute atomic E-state index is 8.65. The van der Waals surface area contributed by atoms with Crippen molar-refractivity contribution in [2.24, 2.45) is 5.41 Å². The SMILES string of the molecule is CC1=C(/C=C/C(C)=C/C(C)=C\C(C)=C\C#N)C(C)(C)CCC1. The van der Waals surface area contributed by atoms with Gasteiger partial charge in [-0.25, -0.2) is 0 Å². The van der Waals surface area contributed by atoms with Crippen molar-refractivity contribution in [2.45, 2.75) is 60.8 Å². The maximum atomic E-state index is 8.65. The first-order valence-electron chi connectivity index (χ1n) is 8.07. The minimum Gasteiger partial charge on any atom is -0.193 e. The summed E-state index contributed by atoms with van der Waals surface area (Å²) in [6.07, 6.45) is 14.1. The van der Waals surface area contributed by atoms with Crippen molar-refractivity contribution >= 4 is 0 Å². The first kappa shape index (κ1) is 18.2. The van der Waals surface area contributed by atoms with E-state index in [2.05, 4.69) is 58.9 Å². The van der Waals surface area contributed by atoms with E-state index in [1.165, 1.54) is 41.6 Å². The third-order valence-corrected chi connectivity index (χ3v) is 4.26. The van der Waals surface area contributed by atoms with Crippen LogP contribution in [0, 0.1) is 16.7 Å². The van der Waals surface area contributed by atoms with Crippen LogP contribution in [0.3, 0.4) is 0 Å². The van der Waals surface area contributed by atoms with E-state index in [1.807, 2.05) is 13.0 Å². The summed E-state index contributed by atoms with van der Waals surface area (Å²) in [5, 5.41) is 8.65. The molecule has 0 amide bonds. The van der Waals surface area contributed by atoms with E-state index in [4.69, 9.17) is 5.26 Å². The van der Waals surface area contributed by atoms with Crippen LogP contribution in [0.5, 0.6) is 0 Å². The summed E-state index contributed by atoms with van der Waals surface area (Å²) in [4.78, 5) is 0. The van der Waals surface area contributed by atoms with Crippen molar-refractivity contribution in [1.29, 1.82) is 5.26 Å². The summed E-state index contributed by atoms with van der Waals surface area (Å²) in [6, 6.07) is 2.06. The Morgan fingerprint density at radius 1 is 1.09 bits per heavy atom. The molecule has 1 aliphatic carbocycles. The smallest absolute Gasteiger partial charge is 0.0914 e. The monoisotopic (exact) mass is 295 g/mol. The number of hydrogen-bond donors (Lipinski definition) is 0. The highest BCUT2D eigenvalue weighted by atomic mass is 14.3. The number of hydrogen-bond acceptors (Lipinski definition) is 1. The summed E-state index contributed by atoms with van der Waals surface area (Å²) in [6.45, 7) is 13.1. The van der Waals surface area contributed by atoms with E-state index < -0.39 is 0 Å². The highest BCUT2D eigenvalue weighted by molar-refractivity contribution is 5.39. The summed E-state index contributed by atoms with van der Waals surface area (Å²) < 4.78 is 0. The van der Waals surface area contributed by atoms with Crippen LogP contribution in [0.4, 0.5) is 0 Å². The second kappa shape index (κ2) is 7.99. The van der Waals surface area contributed by atoms with Gasteiger partial charge in [-0.1, -0.05) is 54.9 Å². The molecule has 0 aromatic rings. The summed E-state index contributed by atoms with van der Waals surface area (Å²) in [7, 11) is 0. The number of rotatable bonds is 4. The zero-order chi connectivity index (χ0) is 16.8. The Balaban J connectivity index is 2.92. The van der Waals surface area contributed by atoms with Crippen LogP contribution in [0.1, 0.15) is 60.8 Å². The third kappa shape index (κ3) is 5.53. The van der Waals surface area contributed by atoms with Gasteiger partial charge in [-0.05, 0) is 63.5 Å². The van der Waals surface area contributed by atoms with Crippen molar-refractivity contribution in [3.63, 3.8) is 0 Å². The van der Waals surface area contributed by atoms with Gasteiger partial charge in [0.2, 0.25) is 0 Å². The lowest BCUT2D eigenvalue weighted by Gasteiger charge is -2.32. The molecule has 0 saturated heterocycles. The highest BCUT2D eigenvalue weighted by Crippen LogP contribution is 2.40. The van der Waals surface area contributed by atoms with E-state index in [1.54, 1.807) is 6.08 Å². The van der Waals surface area contributed by atoms with Gasteiger partial charge in [0.1, 0.15) is 0 Å². The standard InChI is InChI=1S/C21H29N/c1-16(14-18(3)15-17(2)11-13-22)9-10-20-19(4)8-7-12-21(20,5)6/h9-11,14-15H,7-8,12H2,1-6H3/b10-9+,16-14+,17-11+,18-15-. The fourth-order valence-electron chi connectivity index (χ4n) is 3.18. The van der Waals surface area contributed by atoms with E-state index in [-0.39, 0.29) is 5.41 Å². The van der Waals surface area contributed by atoms with Crippen LogP contribution in [0.25, 0.3) is 0 Å². The van der Waals surface area contributed by atoms with E-state index in [9.17, 15) is 0 Å². The molecule has 0 aromatic heterocycles. The van der Waals surface area contributed by atoms with Gasteiger partial charge in [0, 0.05) is 6.08 Å². The Hall–Kier alpha value is -1.81. The van der Waals surface area contributed by atoms with E-state index in [0.717, 1.165) is 5.57 Å². The van der Waals surface area contributed by atoms with Crippen molar-refractivity contribution < 1.29 is 0 Å². The molecule has 0 atom stereocenters. The predicted molar refractivity (Wildman–Crippen MR) is 96.4 cm³/mol. The summed E-state index contributed by atoms with van der Waals surface area (Å²) in [5.74, 6) is 0. The maximum Gasteiger partial charge on any atom is 0.0914 e. The number of nitriles is 1. The van der Waals surface area contributed by atoms with Gasteiger partial charge in [-0.15, -0.1) is 0 Å². The first-order valence-corrected chi connectivity index (χ1v) is 8.07. The molecule has 0 unspecified atom stereocenters. The molecule has 0 N–H and O–H groups in total. The second-order valence-corrected chi connectivity index (χ2v) is 7.06. The molecule has 0 heterocycles. The minimum absolute atomic E-state index is 0.288. The molecule has 0 saturated carbocycles. The molecule has 0 fully saturated rings. The lowest BCUT2D eigenvalue weighted by atomic mass is 9.72. The Kier molecular flexibility index (Phi) is 6.62. The topological polar surface area (TPSA) is 23.8 Å². The molecule has 0 bridgehead atoms. The molecule has 0 aromatic carbocycles. The Morgan fingerprint density at radius 3 is 2.32 bits per heavy atom. The summed E-state index contributed by atoms with van der Waals surface area (Å²) in [5.41, 5.74) is 6.70. The first-order chi connectivity index (χ1) is 10.3. The van der Waals surface area contributed by atoms with Crippen LogP contribution >= 0.6 is 0 Å². The molecule has 1 aliphatic rings. The van der Waals surface area contributed by atoms with Crippen LogP contribution in [0.2, 0.25) is 0 Å². The Labute approximate surface area is 136 Å². The molecular formula is C21H29N. The van der Waals surface area contributed by atoms with Gasteiger partial charge in [0.25, 0.3) is 0 Å². The van der Waals surface area contributed by atoms with Gasteiger partial charge < -0.3 is 0 Å². The normalized spacial score (nSPS) is 20.5. The van der Waals surface area contributed by atoms with Crippen molar-refractivity contribution in [3.8, 4) is 6.07 Å².